The topological polar surface area (TPSA) is 42.1 Å². The van der Waals surface area contributed by atoms with Gasteiger partial charge in [-0.1, -0.05) is 26.7 Å². The molecule has 1 unspecified atom stereocenters. The Hall–Kier alpha value is -0.930. The highest BCUT2D eigenvalue weighted by Gasteiger charge is 2.43. The quantitative estimate of drug-likeness (QED) is 0.856. The average Bonchev–Trinajstić information content (AvgIpc) is 2.92. The zero-order valence-electron chi connectivity index (χ0n) is 12.3. The van der Waals surface area contributed by atoms with E-state index >= 15 is 0 Å². The van der Waals surface area contributed by atoms with Gasteiger partial charge in [-0.3, -0.25) is 9.88 Å². The highest BCUT2D eigenvalue weighted by molar-refractivity contribution is 5.15. The first kappa shape index (κ1) is 14.5. The van der Waals surface area contributed by atoms with Crippen molar-refractivity contribution >= 4 is 0 Å². The number of pyridine rings is 1. The first-order valence-electron chi connectivity index (χ1n) is 7.62. The first-order valence-corrected chi connectivity index (χ1v) is 7.62. The lowest BCUT2D eigenvalue weighted by atomic mass is 9.83. The molecule has 3 nitrogen and oxygen atoms in total. The van der Waals surface area contributed by atoms with Crippen molar-refractivity contribution in [1.29, 1.82) is 0 Å². The summed E-state index contributed by atoms with van der Waals surface area (Å²) in [7, 11) is 0. The molecule has 1 atom stereocenters. The summed E-state index contributed by atoms with van der Waals surface area (Å²) in [5.41, 5.74) is 8.16. The summed E-state index contributed by atoms with van der Waals surface area (Å²) in [5, 5.41) is 0. The van der Waals surface area contributed by atoms with Crippen molar-refractivity contribution in [2.75, 3.05) is 13.1 Å². The molecule has 106 valence electrons. The Bertz CT molecular complexity index is 367. The molecule has 0 amide bonds. The van der Waals surface area contributed by atoms with Crippen LogP contribution in [0.15, 0.2) is 24.5 Å². The lowest BCUT2D eigenvalue weighted by Crippen LogP contribution is -2.59. The van der Waals surface area contributed by atoms with Crippen molar-refractivity contribution in [2.24, 2.45) is 5.73 Å². The average molecular weight is 261 g/mol. The largest absolute Gasteiger partial charge is 0.326 e. The van der Waals surface area contributed by atoms with Gasteiger partial charge in [0.2, 0.25) is 0 Å². The third-order valence-corrected chi connectivity index (χ3v) is 4.76. The third kappa shape index (κ3) is 2.98. The predicted octanol–water partition coefficient (Wildman–Crippen LogP) is 2.61. The normalized spacial score (nSPS) is 19.8. The number of hydrogen-bond acceptors (Lipinski definition) is 3. The van der Waals surface area contributed by atoms with Crippen molar-refractivity contribution in [1.82, 2.24) is 9.88 Å². The van der Waals surface area contributed by atoms with E-state index in [0.717, 1.165) is 19.5 Å². The van der Waals surface area contributed by atoms with E-state index in [-0.39, 0.29) is 11.6 Å². The molecule has 0 radical (unpaired) electrons. The molecule has 0 aliphatic heterocycles. The van der Waals surface area contributed by atoms with E-state index < -0.39 is 0 Å². The summed E-state index contributed by atoms with van der Waals surface area (Å²) < 4.78 is 0. The molecule has 1 aliphatic carbocycles. The van der Waals surface area contributed by atoms with Crippen LogP contribution in [0.4, 0.5) is 0 Å². The molecule has 0 saturated heterocycles. The van der Waals surface area contributed by atoms with Crippen molar-refractivity contribution in [3.05, 3.63) is 30.1 Å². The van der Waals surface area contributed by atoms with Crippen molar-refractivity contribution < 1.29 is 0 Å². The Labute approximate surface area is 117 Å². The Balaban J connectivity index is 2.14. The fourth-order valence-corrected chi connectivity index (χ4v) is 3.72. The SMILES string of the molecule is CCN(CC)C1(C(N)Cc2ccncc2)CCCC1. The number of hydrogen-bond donors (Lipinski definition) is 1. The summed E-state index contributed by atoms with van der Waals surface area (Å²) >= 11 is 0. The van der Waals surface area contributed by atoms with E-state index in [0.29, 0.717) is 0 Å². The molecule has 0 spiro atoms. The maximum Gasteiger partial charge on any atom is 0.0363 e. The zero-order valence-corrected chi connectivity index (χ0v) is 12.3. The second-order valence-electron chi connectivity index (χ2n) is 5.65. The van der Waals surface area contributed by atoms with Gasteiger partial charge in [0.05, 0.1) is 0 Å². The maximum absolute atomic E-state index is 6.64. The molecule has 1 heterocycles. The minimum atomic E-state index is 0.215. The lowest BCUT2D eigenvalue weighted by Gasteiger charge is -2.45. The molecule has 1 aliphatic rings. The first-order chi connectivity index (χ1) is 9.23. The van der Waals surface area contributed by atoms with Gasteiger partial charge in [0, 0.05) is 24.0 Å². The van der Waals surface area contributed by atoms with Crippen LogP contribution < -0.4 is 5.73 Å². The Kier molecular flexibility index (Phi) is 4.94. The van der Waals surface area contributed by atoms with E-state index in [1.807, 2.05) is 12.4 Å². The molecule has 0 aromatic carbocycles. The van der Waals surface area contributed by atoms with Gasteiger partial charge in [0.25, 0.3) is 0 Å². The van der Waals surface area contributed by atoms with Gasteiger partial charge < -0.3 is 5.73 Å². The monoisotopic (exact) mass is 261 g/mol. The van der Waals surface area contributed by atoms with Gasteiger partial charge in [0.1, 0.15) is 0 Å². The van der Waals surface area contributed by atoms with E-state index in [2.05, 4.69) is 35.9 Å². The van der Waals surface area contributed by atoms with E-state index in [1.165, 1.54) is 31.2 Å². The summed E-state index contributed by atoms with van der Waals surface area (Å²) in [4.78, 5) is 6.67. The molecule has 1 aromatic heterocycles. The molecular formula is C16H27N3. The lowest BCUT2D eigenvalue weighted by molar-refractivity contribution is 0.0771. The van der Waals surface area contributed by atoms with E-state index in [9.17, 15) is 0 Å². The predicted molar refractivity (Wildman–Crippen MR) is 80.0 cm³/mol. The fraction of sp³-hybridized carbons (Fsp3) is 0.688. The van der Waals surface area contributed by atoms with Crippen LogP contribution in [0.3, 0.4) is 0 Å². The molecule has 1 fully saturated rings. The number of nitrogens with two attached hydrogens (primary N) is 1. The molecule has 2 N–H and O–H groups in total. The summed E-state index contributed by atoms with van der Waals surface area (Å²) in [6, 6.07) is 4.40. The number of nitrogens with zero attached hydrogens (tertiary/aromatic N) is 2. The number of likely N-dealkylation sites (N-methyl/N-ethyl adjacent to an activating group) is 1. The Morgan fingerprint density at radius 2 is 1.79 bits per heavy atom. The second kappa shape index (κ2) is 6.49. The molecule has 1 aromatic rings. The molecule has 19 heavy (non-hydrogen) atoms. The standard InChI is InChI=1S/C16H27N3/c1-3-19(4-2)16(9-5-6-10-16)15(17)13-14-7-11-18-12-8-14/h7-8,11-12,15H,3-6,9-10,13,17H2,1-2H3. The van der Waals surface area contributed by atoms with Gasteiger partial charge in [-0.05, 0) is 50.0 Å². The van der Waals surface area contributed by atoms with E-state index in [1.54, 1.807) is 0 Å². The smallest absolute Gasteiger partial charge is 0.0363 e. The van der Waals surface area contributed by atoms with Gasteiger partial charge in [-0.25, -0.2) is 0 Å². The molecular weight excluding hydrogens is 234 g/mol. The minimum absolute atomic E-state index is 0.215. The molecule has 3 heteroatoms. The molecule has 0 bridgehead atoms. The van der Waals surface area contributed by atoms with E-state index in [4.69, 9.17) is 5.73 Å². The second-order valence-corrected chi connectivity index (χ2v) is 5.65. The zero-order chi connectivity index (χ0) is 13.7. The summed E-state index contributed by atoms with van der Waals surface area (Å²) in [5.74, 6) is 0. The van der Waals surface area contributed by atoms with Crippen molar-refractivity contribution in [3.63, 3.8) is 0 Å². The van der Waals surface area contributed by atoms with Crippen LogP contribution >= 0.6 is 0 Å². The van der Waals surface area contributed by atoms with Gasteiger partial charge in [-0.15, -0.1) is 0 Å². The highest BCUT2D eigenvalue weighted by Crippen LogP contribution is 2.38. The van der Waals surface area contributed by atoms with Gasteiger partial charge in [0.15, 0.2) is 0 Å². The van der Waals surface area contributed by atoms with Crippen molar-refractivity contribution in [2.45, 2.75) is 57.5 Å². The number of aromatic nitrogens is 1. The highest BCUT2D eigenvalue weighted by atomic mass is 15.2. The summed E-state index contributed by atoms with van der Waals surface area (Å²) in [6.07, 6.45) is 9.82. The maximum atomic E-state index is 6.64. The Morgan fingerprint density at radius 1 is 1.21 bits per heavy atom. The van der Waals surface area contributed by atoms with Crippen LogP contribution in [0.2, 0.25) is 0 Å². The summed E-state index contributed by atoms with van der Waals surface area (Å²) in [6.45, 7) is 6.70. The van der Waals surface area contributed by atoms with Crippen LogP contribution in [0.1, 0.15) is 45.1 Å². The molecule has 1 saturated carbocycles. The van der Waals surface area contributed by atoms with Crippen LogP contribution in [0.25, 0.3) is 0 Å². The van der Waals surface area contributed by atoms with Gasteiger partial charge >= 0.3 is 0 Å². The molecule has 2 rings (SSSR count). The fourth-order valence-electron chi connectivity index (χ4n) is 3.72. The van der Waals surface area contributed by atoms with Crippen LogP contribution in [-0.4, -0.2) is 34.6 Å². The van der Waals surface area contributed by atoms with Crippen LogP contribution in [-0.2, 0) is 6.42 Å². The van der Waals surface area contributed by atoms with Crippen LogP contribution in [0, 0.1) is 0 Å². The Morgan fingerprint density at radius 3 is 2.32 bits per heavy atom. The number of rotatable bonds is 6. The van der Waals surface area contributed by atoms with Crippen molar-refractivity contribution in [3.8, 4) is 0 Å². The van der Waals surface area contributed by atoms with Crippen LogP contribution in [0.5, 0.6) is 0 Å². The van der Waals surface area contributed by atoms with Gasteiger partial charge in [-0.2, -0.15) is 0 Å². The third-order valence-electron chi connectivity index (χ3n) is 4.76. The minimum Gasteiger partial charge on any atom is -0.326 e.